The number of hydrogen-bond acceptors (Lipinski definition) is 2. The van der Waals surface area contributed by atoms with Crippen LogP contribution < -0.4 is 10.1 Å². The van der Waals surface area contributed by atoms with Crippen LogP contribution >= 0.6 is 15.9 Å². The van der Waals surface area contributed by atoms with E-state index in [1.807, 2.05) is 0 Å². The molecule has 0 saturated heterocycles. The number of halogens is 6. The first kappa shape index (κ1) is 18.2. The summed E-state index contributed by atoms with van der Waals surface area (Å²) in [6.45, 7) is 1.69. The lowest BCUT2D eigenvalue weighted by molar-refractivity contribution is -0.294. The molecule has 21 heavy (non-hydrogen) atoms. The molecule has 0 aliphatic carbocycles. The van der Waals surface area contributed by atoms with E-state index in [1.54, 1.807) is 6.92 Å². The van der Waals surface area contributed by atoms with Gasteiger partial charge >= 0.3 is 12.1 Å². The lowest BCUT2D eigenvalue weighted by atomic mass is 9.98. The molecule has 0 spiro atoms. The lowest BCUT2D eigenvalue weighted by Crippen LogP contribution is -2.48. The maximum absolute atomic E-state index is 13.8. The molecule has 1 atom stereocenters. The third kappa shape index (κ3) is 4.06. The number of methoxy groups -OCH3 is 1. The molecule has 0 heterocycles. The van der Waals surface area contributed by atoms with Crippen LogP contribution in [-0.2, 0) is 0 Å². The number of ether oxygens (including phenoxy) is 1. The highest BCUT2D eigenvalue weighted by Crippen LogP contribution is 2.46. The van der Waals surface area contributed by atoms with Gasteiger partial charge in [-0.3, -0.25) is 0 Å². The minimum atomic E-state index is -5.66. The molecule has 0 radical (unpaired) electrons. The van der Waals surface area contributed by atoms with Gasteiger partial charge in [-0.15, -0.1) is 0 Å². The minimum absolute atomic E-state index is 0.0198. The fourth-order valence-electron chi connectivity index (χ4n) is 1.82. The first-order valence-corrected chi connectivity index (χ1v) is 6.95. The van der Waals surface area contributed by atoms with Crippen molar-refractivity contribution in [2.75, 3.05) is 13.7 Å². The van der Waals surface area contributed by atoms with Crippen LogP contribution in [0.5, 0.6) is 5.75 Å². The van der Waals surface area contributed by atoms with Crippen molar-refractivity contribution in [2.24, 2.45) is 0 Å². The number of benzene rings is 1. The minimum Gasteiger partial charge on any atom is -0.496 e. The zero-order chi connectivity index (χ0) is 16.3. The molecule has 0 aliphatic rings. The van der Waals surface area contributed by atoms with E-state index in [0.717, 1.165) is 0 Å². The van der Waals surface area contributed by atoms with E-state index in [9.17, 15) is 22.0 Å². The third-order valence-electron chi connectivity index (χ3n) is 2.84. The van der Waals surface area contributed by atoms with Crippen molar-refractivity contribution in [3.05, 3.63) is 28.2 Å². The van der Waals surface area contributed by atoms with E-state index in [-0.39, 0.29) is 17.9 Å². The predicted molar refractivity (Wildman–Crippen MR) is 72.7 cm³/mol. The fraction of sp³-hybridized carbons (Fsp3) is 0.538. The van der Waals surface area contributed by atoms with E-state index in [4.69, 9.17) is 4.74 Å². The second-order valence-electron chi connectivity index (χ2n) is 4.39. The summed E-state index contributed by atoms with van der Waals surface area (Å²) in [5, 5.41) is 2.26. The van der Waals surface area contributed by atoms with Crippen LogP contribution in [-0.4, -0.2) is 25.8 Å². The zero-order valence-electron chi connectivity index (χ0n) is 11.4. The number of hydrogen-bond donors (Lipinski definition) is 1. The Morgan fingerprint density at radius 2 is 1.86 bits per heavy atom. The van der Waals surface area contributed by atoms with Gasteiger partial charge in [0.05, 0.1) is 7.11 Å². The Balaban J connectivity index is 3.35. The molecule has 0 aromatic heterocycles. The summed E-state index contributed by atoms with van der Waals surface area (Å²) in [4.78, 5) is 0. The van der Waals surface area contributed by atoms with E-state index in [2.05, 4.69) is 21.2 Å². The Kier molecular flexibility index (Phi) is 5.98. The van der Waals surface area contributed by atoms with Gasteiger partial charge in [-0.1, -0.05) is 22.9 Å². The topological polar surface area (TPSA) is 21.3 Å². The van der Waals surface area contributed by atoms with Gasteiger partial charge in [0, 0.05) is 10.0 Å². The van der Waals surface area contributed by atoms with Crippen molar-refractivity contribution in [2.45, 2.75) is 31.5 Å². The second-order valence-corrected chi connectivity index (χ2v) is 5.31. The van der Waals surface area contributed by atoms with Gasteiger partial charge < -0.3 is 10.1 Å². The zero-order valence-corrected chi connectivity index (χ0v) is 13.0. The summed E-state index contributed by atoms with van der Waals surface area (Å²) in [6, 6.07) is 1.83. The molecule has 2 nitrogen and oxygen atoms in total. The summed E-state index contributed by atoms with van der Waals surface area (Å²) >= 11 is 3.07. The van der Waals surface area contributed by atoms with Crippen molar-refractivity contribution >= 4 is 15.9 Å². The Labute approximate surface area is 127 Å². The normalized spacial score (nSPS) is 14.1. The van der Waals surface area contributed by atoms with Gasteiger partial charge in [0.25, 0.3) is 0 Å². The third-order valence-corrected chi connectivity index (χ3v) is 3.33. The highest BCUT2D eigenvalue weighted by molar-refractivity contribution is 9.10. The van der Waals surface area contributed by atoms with Gasteiger partial charge in [0.1, 0.15) is 11.8 Å². The summed E-state index contributed by atoms with van der Waals surface area (Å²) in [5.74, 6) is -4.95. The van der Waals surface area contributed by atoms with Crippen LogP contribution in [0, 0.1) is 0 Å². The summed E-state index contributed by atoms with van der Waals surface area (Å²) in [5.41, 5.74) is -0.248. The Hall–Kier alpha value is -0.890. The molecule has 1 aromatic carbocycles. The van der Waals surface area contributed by atoms with Crippen molar-refractivity contribution in [3.8, 4) is 5.75 Å². The van der Waals surface area contributed by atoms with Crippen LogP contribution in [0.15, 0.2) is 22.7 Å². The van der Waals surface area contributed by atoms with Crippen LogP contribution in [0.25, 0.3) is 0 Å². The van der Waals surface area contributed by atoms with E-state index in [0.29, 0.717) is 10.9 Å². The Bertz CT molecular complexity index is 478. The number of nitrogens with one attached hydrogen (secondary N) is 1. The van der Waals surface area contributed by atoms with E-state index < -0.39 is 18.1 Å². The van der Waals surface area contributed by atoms with Gasteiger partial charge in [0.15, 0.2) is 0 Å². The molecule has 0 amide bonds. The fourth-order valence-corrected chi connectivity index (χ4v) is 2.20. The summed E-state index contributed by atoms with van der Waals surface area (Å²) < 4.78 is 71.0. The first-order chi connectivity index (χ1) is 9.65. The van der Waals surface area contributed by atoms with Gasteiger partial charge in [-0.25, -0.2) is 0 Å². The van der Waals surface area contributed by atoms with E-state index >= 15 is 0 Å². The molecule has 120 valence electrons. The standard InChI is InChI=1S/C13H15BrF5NO/c1-3-6-20-11(12(15,16)13(17,18)19)9-7-8(14)4-5-10(9)21-2/h4-5,7,11,20H,3,6H2,1-2H3. The molecule has 0 bridgehead atoms. The van der Waals surface area contributed by atoms with Gasteiger partial charge in [0.2, 0.25) is 0 Å². The van der Waals surface area contributed by atoms with Crippen LogP contribution in [0.3, 0.4) is 0 Å². The molecule has 1 aromatic rings. The molecule has 1 unspecified atom stereocenters. The average Bonchev–Trinajstić information content (AvgIpc) is 2.38. The molecule has 0 saturated carbocycles. The van der Waals surface area contributed by atoms with Gasteiger partial charge in [-0.05, 0) is 31.2 Å². The monoisotopic (exact) mass is 375 g/mol. The number of alkyl halides is 5. The highest BCUT2D eigenvalue weighted by atomic mass is 79.9. The van der Waals surface area contributed by atoms with Crippen LogP contribution in [0.2, 0.25) is 0 Å². The smallest absolute Gasteiger partial charge is 0.455 e. The van der Waals surface area contributed by atoms with Crippen molar-refractivity contribution in [3.63, 3.8) is 0 Å². The maximum Gasteiger partial charge on any atom is 0.455 e. The molecule has 0 aliphatic heterocycles. The summed E-state index contributed by atoms with van der Waals surface area (Å²) in [7, 11) is 1.22. The largest absolute Gasteiger partial charge is 0.496 e. The Morgan fingerprint density at radius 1 is 1.24 bits per heavy atom. The lowest BCUT2D eigenvalue weighted by Gasteiger charge is -2.30. The highest BCUT2D eigenvalue weighted by Gasteiger charge is 2.63. The maximum atomic E-state index is 13.8. The molecular formula is C13H15BrF5NO. The van der Waals surface area contributed by atoms with Crippen LogP contribution in [0.1, 0.15) is 24.9 Å². The molecular weight excluding hydrogens is 361 g/mol. The van der Waals surface area contributed by atoms with Crippen molar-refractivity contribution in [1.29, 1.82) is 0 Å². The number of rotatable bonds is 6. The van der Waals surface area contributed by atoms with Crippen molar-refractivity contribution < 1.29 is 26.7 Å². The molecule has 1 rings (SSSR count). The molecule has 0 fully saturated rings. The molecule has 8 heteroatoms. The van der Waals surface area contributed by atoms with E-state index in [1.165, 1.54) is 25.3 Å². The first-order valence-electron chi connectivity index (χ1n) is 6.16. The summed E-state index contributed by atoms with van der Waals surface area (Å²) in [6.07, 6.45) is -5.24. The average molecular weight is 376 g/mol. The van der Waals surface area contributed by atoms with Gasteiger partial charge in [-0.2, -0.15) is 22.0 Å². The quantitative estimate of drug-likeness (QED) is 0.727. The molecule has 1 N–H and O–H groups in total. The predicted octanol–water partition coefficient (Wildman–Crippen LogP) is 4.70. The van der Waals surface area contributed by atoms with Crippen molar-refractivity contribution in [1.82, 2.24) is 5.32 Å². The Morgan fingerprint density at radius 3 is 2.33 bits per heavy atom. The SMILES string of the molecule is CCCNC(c1cc(Br)ccc1OC)C(F)(F)C(F)(F)F. The van der Waals surface area contributed by atoms with Crippen LogP contribution in [0.4, 0.5) is 22.0 Å². The second kappa shape index (κ2) is 6.91.